The number of amides is 1. The van der Waals surface area contributed by atoms with Crippen molar-refractivity contribution >= 4 is 23.2 Å². The van der Waals surface area contributed by atoms with Gasteiger partial charge in [-0.2, -0.15) is 0 Å². The Balaban J connectivity index is 1.25. The number of nitrogens with one attached hydrogen (secondary N) is 2. The minimum absolute atomic E-state index is 0.0953. The molecule has 1 aliphatic carbocycles. The lowest BCUT2D eigenvalue weighted by Crippen LogP contribution is -2.45. The molecule has 0 spiro atoms. The Morgan fingerprint density at radius 3 is 2.97 bits per heavy atom. The normalized spacial score (nSPS) is 16.3. The Bertz CT molecular complexity index is 875. The molecule has 1 fully saturated rings. The van der Waals surface area contributed by atoms with Gasteiger partial charge in [-0.25, -0.2) is 0 Å². The molecule has 1 saturated carbocycles. The largest absolute Gasteiger partial charge is 0.493 e. The van der Waals surface area contributed by atoms with Gasteiger partial charge in [0.25, 0.3) is 0 Å². The molecule has 0 atom stereocenters. The van der Waals surface area contributed by atoms with Gasteiger partial charge in [0.1, 0.15) is 5.75 Å². The van der Waals surface area contributed by atoms with Crippen LogP contribution in [0.1, 0.15) is 28.8 Å². The predicted molar refractivity (Wildman–Crippen MR) is 116 cm³/mol. The van der Waals surface area contributed by atoms with Gasteiger partial charge < -0.3 is 20.3 Å². The van der Waals surface area contributed by atoms with Crippen molar-refractivity contribution in [3.8, 4) is 5.75 Å². The van der Waals surface area contributed by atoms with Gasteiger partial charge in [0.2, 0.25) is 5.91 Å². The van der Waals surface area contributed by atoms with Gasteiger partial charge in [0, 0.05) is 37.1 Å². The third-order valence-electron chi connectivity index (χ3n) is 5.38. The second-order valence-electron chi connectivity index (χ2n) is 7.58. The lowest BCUT2D eigenvalue weighted by molar-refractivity contribution is -0.130. The Morgan fingerprint density at radius 1 is 1.28 bits per heavy atom. The standard InChI is InChI=1S/C22H28N4O2S/c1-23-22(24-12-17-4-2-3-5-19(17)28-15-16-6-7-16)25-13-21(27)26-10-8-20-18(14-26)9-11-29-20/h2-5,9,11,16H,6-8,10,12-15H2,1H3,(H2,23,24,25). The minimum Gasteiger partial charge on any atom is -0.493 e. The maximum atomic E-state index is 12.6. The molecule has 1 aliphatic heterocycles. The Kier molecular flexibility index (Phi) is 6.34. The van der Waals surface area contributed by atoms with E-state index in [0.717, 1.165) is 36.8 Å². The zero-order chi connectivity index (χ0) is 20.1. The molecule has 2 heterocycles. The molecule has 0 saturated heterocycles. The molecule has 2 N–H and O–H groups in total. The highest BCUT2D eigenvalue weighted by atomic mass is 32.1. The van der Waals surface area contributed by atoms with Crippen molar-refractivity contribution in [2.24, 2.45) is 10.9 Å². The molecule has 154 valence electrons. The number of carbonyl (C=O) groups is 1. The number of nitrogens with zero attached hydrogens (tertiary/aromatic N) is 2. The maximum absolute atomic E-state index is 12.6. The first-order valence-corrected chi connectivity index (χ1v) is 11.1. The number of aliphatic imine (C=N–C) groups is 1. The summed E-state index contributed by atoms with van der Waals surface area (Å²) < 4.78 is 5.97. The lowest BCUT2D eigenvalue weighted by Gasteiger charge is -2.27. The van der Waals surface area contributed by atoms with E-state index < -0.39 is 0 Å². The molecular formula is C22H28N4O2S. The molecule has 0 bridgehead atoms. The molecule has 6 nitrogen and oxygen atoms in total. The number of para-hydroxylation sites is 1. The molecule has 1 aromatic carbocycles. The second kappa shape index (κ2) is 9.31. The van der Waals surface area contributed by atoms with E-state index in [0.29, 0.717) is 19.0 Å². The van der Waals surface area contributed by atoms with Crippen molar-refractivity contribution in [2.45, 2.75) is 32.4 Å². The van der Waals surface area contributed by atoms with Crippen LogP contribution < -0.4 is 15.4 Å². The van der Waals surface area contributed by atoms with Crippen molar-refractivity contribution in [1.29, 1.82) is 0 Å². The summed E-state index contributed by atoms with van der Waals surface area (Å²) in [5.74, 6) is 2.34. The highest BCUT2D eigenvalue weighted by molar-refractivity contribution is 7.10. The van der Waals surface area contributed by atoms with Crippen molar-refractivity contribution in [3.05, 3.63) is 51.7 Å². The summed E-state index contributed by atoms with van der Waals surface area (Å²) in [7, 11) is 1.72. The number of thiophene rings is 1. The van der Waals surface area contributed by atoms with Crippen molar-refractivity contribution < 1.29 is 9.53 Å². The summed E-state index contributed by atoms with van der Waals surface area (Å²) in [6, 6.07) is 10.2. The zero-order valence-corrected chi connectivity index (χ0v) is 17.6. The first-order valence-electron chi connectivity index (χ1n) is 10.2. The first-order chi connectivity index (χ1) is 14.2. The average Bonchev–Trinajstić information content (AvgIpc) is 3.47. The van der Waals surface area contributed by atoms with Crippen LogP contribution in [0, 0.1) is 5.92 Å². The molecular weight excluding hydrogens is 384 g/mol. The number of rotatable bonds is 7. The van der Waals surface area contributed by atoms with Gasteiger partial charge in [-0.05, 0) is 48.3 Å². The molecule has 0 radical (unpaired) electrons. The van der Waals surface area contributed by atoms with E-state index in [-0.39, 0.29) is 12.5 Å². The smallest absolute Gasteiger partial charge is 0.242 e. The molecule has 29 heavy (non-hydrogen) atoms. The van der Waals surface area contributed by atoms with Gasteiger partial charge >= 0.3 is 0 Å². The van der Waals surface area contributed by atoms with Crippen LogP contribution in [0.3, 0.4) is 0 Å². The van der Waals surface area contributed by atoms with Gasteiger partial charge in [-0.15, -0.1) is 11.3 Å². The van der Waals surface area contributed by atoms with Crippen LogP contribution in [0.4, 0.5) is 0 Å². The summed E-state index contributed by atoms with van der Waals surface area (Å²) in [6.07, 6.45) is 3.49. The van der Waals surface area contributed by atoms with Crippen LogP contribution in [-0.2, 0) is 24.3 Å². The zero-order valence-electron chi connectivity index (χ0n) is 16.8. The van der Waals surface area contributed by atoms with E-state index in [2.05, 4.69) is 33.1 Å². The second-order valence-corrected chi connectivity index (χ2v) is 8.58. The van der Waals surface area contributed by atoms with Crippen LogP contribution in [0.25, 0.3) is 0 Å². The minimum atomic E-state index is 0.0953. The summed E-state index contributed by atoms with van der Waals surface area (Å²) >= 11 is 1.78. The first kappa shape index (κ1) is 19.8. The SMILES string of the molecule is CN=C(NCC(=O)N1CCc2sccc2C1)NCc1ccccc1OCC1CC1. The van der Waals surface area contributed by atoms with Crippen LogP contribution in [0.15, 0.2) is 40.7 Å². The van der Waals surface area contributed by atoms with Crippen molar-refractivity contribution in [3.63, 3.8) is 0 Å². The van der Waals surface area contributed by atoms with Crippen LogP contribution in [0.5, 0.6) is 5.75 Å². The van der Waals surface area contributed by atoms with Crippen LogP contribution in [-0.4, -0.2) is 43.5 Å². The van der Waals surface area contributed by atoms with E-state index in [1.807, 2.05) is 23.1 Å². The Labute approximate surface area is 176 Å². The number of ether oxygens (including phenoxy) is 1. The van der Waals surface area contributed by atoms with Gasteiger partial charge in [-0.3, -0.25) is 9.79 Å². The van der Waals surface area contributed by atoms with Crippen molar-refractivity contribution in [2.75, 3.05) is 26.7 Å². The molecule has 2 aromatic rings. The number of carbonyl (C=O) groups excluding carboxylic acids is 1. The Morgan fingerprint density at radius 2 is 2.14 bits per heavy atom. The molecule has 1 amide bonds. The molecule has 1 aromatic heterocycles. The fourth-order valence-electron chi connectivity index (χ4n) is 3.41. The number of guanidine groups is 1. The molecule has 4 rings (SSSR count). The number of hydrogen-bond acceptors (Lipinski definition) is 4. The number of hydrogen-bond donors (Lipinski definition) is 2. The highest BCUT2D eigenvalue weighted by Gasteiger charge is 2.23. The van der Waals surface area contributed by atoms with E-state index in [9.17, 15) is 4.79 Å². The number of fused-ring (bicyclic) bond motifs is 1. The third kappa shape index (κ3) is 5.29. The molecule has 2 aliphatic rings. The molecule has 0 unspecified atom stereocenters. The van der Waals surface area contributed by atoms with E-state index in [1.54, 1.807) is 18.4 Å². The summed E-state index contributed by atoms with van der Waals surface area (Å²) in [5.41, 5.74) is 2.36. The lowest BCUT2D eigenvalue weighted by atomic mass is 10.1. The summed E-state index contributed by atoms with van der Waals surface area (Å²) in [6.45, 7) is 3.11. The van der Waals surface area contributed by atoms with Crippen LogP contribution >= 0.6 is 11.3 Å². The van der Waals surface area contributed by atoms with E-state index >= 15 is 0 Å². The quantitative estimate of drug-likeness (QED) is 0.542. The maximum Gasteiger partial charge on any atom is 0.242 e. The molecule has 7 heteroatoms. The highest BCUT2D eigenvalue weighted by Crippen LogP contribution is 2.30. The Hall–Kier alpha value is -2.54. The average molecular weight is 413 g/mol. The summed E-state index contributed by atoms with van der Waals surface area (Å²) in [5, 5.41) is 8.54. The van der Waals surface area contributed by atoms with Gasteiger partial charge in [0.05, 0.1) is 13.2 Å². The topological polar surface area (TPSA) is 66.0 Å². The number of benzene rings is 1. The fourth-order valence-corrected chi connectivity index (χ4v) is 4.30. The monoisotopic (exact) mass is 412 g/mol. The van der Waals surface area contributed by atoms with E-state index in [1.165, 1.54) is 23.3 Å². The predicted octanol–water partition coefficient (Wildman–Crippen LogP) is 2.79. The van der Waals surface area contributed by atoms with E-state index in [4.69, 9.17) is 4.74 Å². The van der Waals surface area contributed by atoms with Crippen LogP contribution in [0.2, 0.25) is 0 Å². The van der Waals surface area contributed by atoms with Gasteiger partial charge in [0.15, 0.2) is 5.96 Å². The summed E-state index contributed by atoms with van der Waals surface area (Å²) in [4.78, 5) is 20.2. The third-order valence-corrected chi connectivity index (χ3v) is 6.40. The van der Waals surface area contributed by atoms with Gasteiger partial charge in [-0.1, -0.05) is 18.2 Å². The van der Waals surface area contributed by atoms with Crippen molar-refractivity contribution in [1.82, 2.24) is 15.5 Å². The fraction of sp³-hybridized carbons (Fsp3) is 0.455.